The molecule has 1 aliphatic rings. The molecule has 1 aliphatic heterocycles. The molecule has 1 unspecified atom stereocenters. The first-order valence-electron chi connectivity index (χ1n) is 6.78. The van der Waals surface area contributed by atoms with E-state index in [1.807, 2.05) is 0 Å². The van der Waals surface area contributed by atoms with E-state index in [1.54, 1.807) is 0 Å². The number of hydrogen-bond donors (Lipinski definition) is 4. The lowest BCUT2D eigenvalue weighted by atomic mass is 9.81. The number of phenols is 2. The van der Waals surface area contributed by atoms with Crippen LogP contribution in [0, 0.1) is 0 Å². The maximum atomic E-state index is 12.8. The van der Waals surface area contributed by atoms with E-state index < -0.39 is 23.0 Å². The van der Waals surface area contributed by atoms with E-state index in [4.69, 9.17) is 16.3 Å². The number of aliphatic hydroxyl groups is 1. The van der Waals surface area contributed by atoms with Gasteiger partial charge in [-0.15, -0.1) is 0 Å². The quantitative estimate of drug-likeness (QED) is 0.614. The largest absolute Gasteiger partial charge is 0.508 e. The van der Waals surface area contributed by atoms with Crippen LogP contribution in [0.5, 0.6) is 17.2 Å². The van der Waals surface area contributed by atoms with E-state index in [1.165, 1.54) is 19.2 Å². The summed E-state index contributed by atoms with van der Waals surface area (Å²) in [4.78, 5) is 25.2. The summed E-state index contributed by atoms with van der Waals surface area (Å²) in [5.74, 6) is -2.65. The molecule has 124 valence electrons. The number of carbonyl (C=O) groups is 2. The minimum atomic E-state index is -2.65. The number of halogens is 1. The Morgan fingerprint density at radius 1 is 1.17 bits per heavy atom. The highest BCUT2D eigenvalue weighted by molar-refractivity contribution is 6.38. The minimum absolute atomic E-state index is 0.0219. The Kier molecular flexibility index (Phi) is 3.62. The lowest BCUT2D eigenvalue weighted by Crippen LogP contribution is -2.50. The molecule has 2 aromatic rings. The molecule has 2 aromatic carbocycles. The lowest BCUT2D eigenvalue weighted by Gasteiger charge is -2.32. The number of fused-ring (bicyclic) bond motifs is 1. The highest BCUT2D eigenvalue weighted by Crippen LogP contribution is 2.44. The molecular weight excluding hydrogens is 338 g/mol. The summed E-state index contributed by atoms with van der Waals surface area (Å²) in [5.41, 5.74) is -3.01. The Hall–Kier alpha value is -2.77. The average Bonchev–Trinajstić information content (AvgIpc) is 2.54. The molecule has 1 atom stereocenters. The van der Waals surface area contributed by atoms with Crippen molar-refractivity contribution in [2.24, 2.45) is 0 Å². The zero-order valence-electron chi connectivity index (χ0n) is 12.3. The molecule has 3 rings (SSSR count). The Morgan fingerprint density at radius 2 is 1.88 bits per heavy atom. The molecule has 0 aromatic heterocycles. The number of benzene rings is 2. The summed E-state index contributed by atoms with van der Waals surface area (Å²) >= 11 is 6.09. The average molecular weight is 350 g/mol. The van der Waals surface area contributed by atoms with Gasteiger partial charge in [0, 0.05) is 17.2 Å². The van der Waals surface area contributed by atoms with Crippen LogP contribution in [0.4, 0.5) is 5.69 Å². The van der Waals surface area contributed by atoms with Gasteiger partial charge in [-0.2, -0.15) is 0 Å². The van der Waals surface area contributed by atoms with Crippen LogP contribution in [0.15, 0.2) is 30.3 Å². The molecule has 0 aliphatic carbocycles. The number of phenolic OH excluding ortho intramolecular Hbond substituents is 2. The fraction of sp³-hybridized carbons (Fsp3) is 0.125. The van der Waals surface area contributed by atoms with Crippen molar-refractivity contribution in [1.82, 2.24) is 0 Å². The molecule has 1 amide bonds. The van der Waals surface area contributed by atoms with Crippen LogP contribution in [-0.2, 0) is 10.4 Å². The maximum Gasteiger partial charge on any atom is 0.269 e. The first-order valence-corrected chi connectivity index (χ1v) is 7.16. The predicted molar refractivity (Wildman–Crippen MR) is 84.6 cm³/mol. The summed E-state index contributed by atoms with van der Waals surface area (Å²) < 4.78 is 5.03. The molecule has 0 radical (unpaired) electrons. The normalized spacial score (nSPS) is 19.6. The van der Waals surface area contributed by atoms with E-state index in [-0.39, 0.29) is 33.3 Å². The summed E-state index contributed by atoms with van der Waals surface area (Å²) in [6.07, 6.45) is 0. The first kappa shape index (κ1) is 16.1. The van der Waals surface area contributed by atoms with Gasteiger partial charge in [-0.3, -0.25) is 9.59 Å². The second kappa shape index (κ2) is 5.40. The van der Waals surface area contributed by atoms with Gasteiger partial charge < -0.3 is 25.4 Å². The van der Waals surface area contributed by atoms with E-state index in [2.05, 4.69) is 5.32 Å². The highest BCUT2D eigenvalue weighted by atomic mass is 35.5. The first-order chi connectivity index (χ1) is 11.3. The number of anilines is 1. The molecule has 1 heterocycles. The monoisotopic (exact) mass is 349 g/mol. The molecule has 24 heavy (non-hydrogen) atoms. The van der Waals surface area contributed by atoms with Crippen molar-refractivity contribution >= 4 is 29.0 Å². The third-order valence-corrected chi connectivity index (χ3v) is 4.21. The van der Waals surface area contributed by atoms with Gasteiger partial charge in [-0.1, -0.05) is 11.6 Å². The number of ether oxygens (including phenoxy) is 1. The summed E-state index contributed by atoms with van der Waals surface area (Å²) in [5, 5.41) is 32.4. The number of aromatic hydroxyl groups is 2. The van der Waals surface area contributed by atoms with Crippen LogP contribution < -0.4 is 10.1 Å². The molecule has 8 heteroatoms. The molecule has 4 N–H and O–H groups in total. The zero-order valence-corrected chi connectivity index (χ0v) is 13.1. The van der Waals surface area contributed by atoms with E-state index >= 15 is 0 Å². The van der Waals surface area contributed by atoms with Gasteiger partial charge in [0.15, 0.2) is 0 Å². The van der Waals surface area contributed by atoms with Gasteiger partial charge in [-0.25, -0.2) is 0 Å². The van der Waals surface area contributed by atoms with E-state index in [0.29, 0.717) is 0 Å². The number of Topliss-reactive ketones (excluding diaryl/α,β-unsaturated/α-hetero) is 1. The van der Waals surface area contributed by atoms with Gasteiger partial charge in [0.1, 0.15) is 22.3 Å². The Balaban J connectivity index is 2.21. The molecular formula is C16H12ClNO6. The smallest absolute Gasteiger partial charge is 0.269 e. The van der Waals surface area contributed by atoms with Crippen molar-refractivity contribution in [3.05, 3.63) is 46.5 Å². The highest BCUT2D eigenvalue weighted by Gasteiger charge is 2.52. The van der Waals surface area contributed by atoms with Crippen LogP contribution in [0.25, 0.3) is 0 Å². The van der Waals surface area contributed by atoms with Crippen LogP contribution in [0.2, 0.25) is 5.02 Å². The van der Waals surface area contributed by atoms with Gasteiger partial charge >= 0.3 is 0 Å². The van der Waals surface area contributed by atoms with Gasteiger partial charge in [0.25, 0.3) is 5.91 Å². The van der Waals surface area contributed by atoms with Crippen molar-refractivity contribution in [1.29, 1.82) is 0 Å². The van der Waals surface area contributed by atoms with E-state index in [0.717, 1.165) is 18.2 Å². The standard InChI is InChI=1S/C16H12ClNO6/c1-24-11-5-3-8-13(12(11)17)18-15(22)16(23,14(8)21)9-4-2-7(19)6-10(9)20/h2-6,19-20,23H,1H3,(H,18,22). The number of nitrogens with one attached hydrogen (secondary N) is 1. The molecule has 7 nitrogen and oxygen atoms in total. The van der Waals surface area contributed by atoms with Crippen LogP contribution in [0.1, 0.15) is 15.9 Å². The van der Waals surface area contributed by atoms with Gasteiger partial charge in [0.2, 0.25) is 11.4 Å². The number of ketones is 1. The van der Waals surface area contributed by atoms with Crippen molar-refractivity contribution in [3.63, 3.8) is 0 Å². The number of amides is 1. The van der Waals surface area contributed by atoms with Crippen LogP contribution in [-0.4, -0.2) is 34.1 Å². The predicted octanol–water partition coefficient (Wildman–Crippen LogP) is 1.78. The second-order valence-corrected chi connectivity index (χ2v) is 5.58. The molecule has 0 spiro atoms. The second-order valence-electron chi connectivity index (χ2n) is 5.20. The number of carbonyl (C=O) groups excluding carboxylic acids is 2. The fourth-order valence-corrected chi connectivity index (χ4v) is 2.89. The van der Waals surface area contributed by atoms with Crippen LogP contribution in [0.3, 0.4) is 0 Å². The third kappa shape index (κ3) is 2.10. The summed E-state index contributed by atoms with van der Waals surface area (Å²) in [6.45, 7) is 0. The van der Waals surface area contributed by atoms with E-state index in [9.17, 15) is 24.9 Å². The third-order valence-electron chi connectivity index (χ3n) is 3.84. The Bertz CT molecular complexity index is 881. The topological polar surface area (TPSA) is 116 Å². The van der Waals surface area contributed by atoms with Crippen molar-refractivity contribution in [3.8, 4) is 17.2 Å². The van der Waals surface area contributed by atoms with Gasteiger partial charge in [-0.05, 0) is 24.3 Å². The molecule has 0 saturated carbocycles. The number of rotatable bonds is 2. The minimum Gasteiger partial charge on any atom is -0.508 e. The number of hydrogen-bond acceptors (Lipinski definition) is 6. The fourth-order valence-electron chi connectivity index (χ4n) is 2.60. The SMILES string of the molecule is COc1ccc2c(c1Cl)NC(=O)C(O)(c1ccc(O)cc1O)C2=O. The molecule has 0 saturated heterocycles. The lowest BCUT2D eigenvalue weighted by molar-refractivity contribution is -0.130. The summed E-state index contributed by atoms with van der Waals surface area (Å²) in [7, 11) is 1.38. The van der Waals surface area contributed by atoms with Crippen molar-refractivity contribution < 1.29 is 29.6 Å². The Morgan fingerprint density at radius 3 is 2.50 bits per heavy atom. The Labute approximate surface area is 141 Å². The van der Waals surface area contributed by atoms with Crippen molar-refractivity contribution in [2.45, 2.75) is 5.60 Å². The summed E-state index contributed by atoms with van der Waals surface area (Å²) in [6, 6.07) is 5.94. The van der Waals surface area contributed by atoms with Crippen molar-refractivity contribution in [2.75, 3.05) is 12.4 Å². The van der Waals surface area contributed by atoms with Crippen LogP contribution >= 0.6 is 11.6 Å². The van der Waals surface area contributed by atoms with Gasteiger partial charge in [0.05, 0.1) is 12.8 Å². The number of methoxy groups -OCH3 is 1. The zero-order chi connectivity index (χ0) is 17.6. The maximum absolute atomic E-state index is 12.8. The molecule has 0 fully saturated rings. The molecule has 0 bridgehead atoms.